The normalized spacial score (nSPS) is 10.7. The zero-order chi connectivity index (χ0) is 13.1. The molecule has 1 heterocycles. The van der Waals surface area contributed by atoms with E-state index in [4.69, 9.17) is 27.9 Å². The van der Waals surface area contributed by atoms with Gasteiger partial charge in [-0.3, -0.25) is 5.10 Å². The van der Waals surface area contributed by atoms with Crippen LogP contribution in [0.3, 0.4) is 0 Å². The Balaban J connectivity index is 2.27. The predicted molar refractivity (Wildman–Crippen MR) is 81.7 cm³/mol. The molecular formula is C12H11Cl2IN2O. The summed E-state index contributed by atoms with van der Waals surface area (Å²) in [5.74, 6) is 0.646. The molecule has 0 radical (unpaired) electrons. The average Bonchev–Trinajstić information content (AvgIpc) is 2.67. The Kier molecular flexibility index (Phi) is 4.75. The highest BCUT2D eigenvalue weighted by atomic mass is 127. The fourth-order valence-corrected chi connectivity index (χ4v) is 2.45. The van der Waals surface area contributed by atoms with Crippen molar-refractivity contribution in [2.24, 2.45) is 0 Å². The lowest BCUT2D eigenvalue weighted by molar-refractivity contribution is 0.323. The molecule has 2 rings (SSSR count). The lowest BCUT2D eigenvalue weighted by Crippen LogP contribution is -1.97. The molecule has 1 aromatic heterocycles. The molecule has 0 amide bonds. The van der Waals surface area contributed by atoms with Crippen LogP contribution in [0.2, 0.25) is 10.0 Å². The van der Waals surface area contributed by atoms with Gasteiger partial charge in [-0.2, -0.15) is 0 Å². The van der Waals surface area contributed by atoms with Gasteiger partial charge in [0.25, 0.3) is 0 Å². The minimum Gasteiger partial charge on any atom is -0.477 e. The summed E-state index contributed by atoms with van der Waals surface area (Å²) in [5, 5.41) is 8.17. The molecule has 0 spiro atoms. The van der Waals surface area contributed by atoms with Gasteiger partial charge in [0.1, 0.15) is 3.70 Å². The molecule has 2 aromatic rings. The second-order valence-corrected chi connectivity index (χ2v) is 5.57. The maximum atomic E-state index is 6.01. The van der Waals surface area contributed by atoms with Crippen LogP contribution in [0, 0.1) is 3.70 Å². The van der Waals surface area contributed by atoms with Gasteiger partial charge < -0.3 is 4.74 Å². The zero-order valence-corrected chi connectivity index (χ0v) is 13.3. The molecule has 0 aliphatic rings. The van der Waals surface area contributed by atoms with E-state index in [2.05, 4.69) is 32.8 Å². The summed E-state index contributed by atoms with van der Waals surface area (Å²) >= 11 is 14.1. The van der Waals surface area contributed by atoms with Crippen molar-refractivity contribution in [1.29, 1.82) is 0 Å². The van der Waals surface area contributed by atoms with Crippen LogP contribution in [-0.4, -0.2) is 16.8 Å². The Hall–Kier alpha value is -0.460. The van der Waals surface area contributed by atoms with Crippen LogP contribution in [-0.2, 0) is 6.42 Å². The van der Waals surface area contributed by atoms with Crippen molar-refractivity contribution in [3.63, 3.8) is 0 Å². The third kappa shape index (κ3) is 3.10. The molecule has 6 heteroatoms. The number of nitrogens with zero attached hydrogens (tertiary/aromatic N) is 1. The van der Waals surface area contributed by atoms with Crippen molar-refractivity contribution in [2.45, 2.75) is 13.3 Å². The van der Waals surface area contributed by atoms with Gasteiger partial charge >= 0.3 is 0 Å². The second-order valence-electron chi connectivity index (χ2n) is 3.68. The maximum absolute atomic E-state index is 6.01. The lowest BCUT2D eigenvalue weighted by Gasteiger charge is -2.05. The molecule has 1 aromatic carbocycles. The summed E-state index contributed by atoms with van der Waals surface area (Å²) in [4.78, 5) is 0. The Bertz CT molecular complexity index is 557. The molecule has 0 aliphatic carbocycles. The minimum absolute atomic E-state index is 0.561. The van der Waals surface area contributed by atoms with E-state index < -0.39 is 0 Å². The summed E-state index contributed by atoms with van der Waals surface area (Å²) in [5.41, 5.74) is 2.11. The van der Waals surface area contributed by atoms with Gasteiger partial charge in [-0.1, -0.05) is 29.3 Å². The number of hydrogen-bond acceptors (Lipinski definition) is 2. The summed E-state index contributed by atoms with van der Waals surface area (Å²) < 4.78 is 6.45. The Morgan fingerprint density at radius 2 is 2.11 bits per heavy atom. The van der Waals surface area contributed by atoms with Crippen LogP contribution in [0.5, 0.6) is 5.88 Å². The third-order valence-electron chi connectivity index (χ3n) is 2.42. The quantitative estimate of drug-likeness (QED) is 0.782. The summed E-state index contributed by atoms with van der Waals surface area (Å²) in [7, 11) is 0. The fraction of sp³-hybridized carbons (Fsp3) is 0.250. The first-order valence-corrected chi connectivity index (χ1v) is 7.24. The van der Waals surface area contributed by atoms with E-state index in [9.17, 15) is 0 Å². The van der Waals surface area contributed by atoms with Crippen molar-refractivity contribution in [3.8, 4) is 5.88 Å². The highest BCUT2D eigenvalue weighted by molar-refractivity contribution is 14.1. The van der Waals surface area contributed by atoms with E-state index >= 15 is 0 Å². The topological polar surface area (TPSA) is 37.9 Å². The van der Waals surface area contributed by atoms with Gasteiger partial charge in [0.05, 0.1) is 22.2 Å². The molecule has 0 atom stereocenters. The summed E-state index contributed by atoms with van der Waals surface area (Å²) in [6.45, 7) is 2.53. The molecule has 0 bridgehead atoms. The van der Waals surface area contributed by atoms with Gasteiger partial charge in [0.2, 0.25) is 5.88 Å². The first kappa shape index (κ1) is 14.0. The van der Waals surface area contributed by atoms with Crippen molar-refractivity contribution in [3.05, 3.63) is 43.1 Å². The molecule has 18 heavy (non-hydrogen) atoms. The number of rotatable bonds is 4. The van der Waals surface area contributed by atoms with Gasteiger partial charge in [-0.25, -0.2) is 0 Å². The van der Waals surface area contributed by atoms with Crippen molar-refractivity contribution >= 4 is 45.8 Å². The number of nitrogens with one attached hydrogen (secondary N) is 1. The van der Waals surface area contributed by atoms with Crippen LogP contribution in [0.1, 0.15) is 18.1 Å². The molecule has 0 saturated heterocycles. The number of hydrogen-bond donors (Lipinski definition) is 1. The number of ether oxygens (including phenoxy) is 1. The summed E-state index contributed by atoms with van der Waals surface area (Å²) in [6.07, 6.45) is 0.709. The molecule has 0 aliphatic heterocycles. The highest BCUT2D eigenvalue weighted by Gasteiger charge is 2.13. The molecule has 1 N–H and O–H groups in total. The summed E-state index contributed by atoms with van der Waals surface area (Å²) in [6, 6.07) is 5.61. The number of halogens is 3. The van der Waals surface area contributed by atoms with Crippen LogP contribution in [0.15, 0.2) is 18.2 Å². The number of benzene rings is 1. The van der Waals surface area contributed by atoms with E-state index in [1.807, 2.05) is 19.1 Å². The minimum atomic E-state index is 0.561. The third-order valence-corrected chi connectivity index (χ3v) is 4.06. The van der Waals surface area contributed by atoms with Crippen LogP contribution >= 0.6 is 45.8 Å². The van der Waals surface area contributed by atoms with Crippen molar-refractivity contribution in [2.75, 3.05) is 6.61 Å². The van der Waals surface area contributed by atoms with Crippen LogP contribution in [0.25, 0.3) is 0 Å². The van der Waals surface area contributed by atoms with Gasteiger partial charge in [-0.15, -0.1) is 5.10 Å². The first-order valence-electron chi connectivity index (χ1n) is 5.41. The predicted octanol–water partition coefficient (Wildman–Crippen LogP) is 4.31. The highest BCUT2D eigenvalue weighted by Crippen LogP contribution is 2.27. The largest absolute Gasteiger partial charge is 0.477 e. The molecular weight excluding hydrogens is 386 g/mol. The lowest BCUT2D eigenvalue weighted by atomic mass is 10.1. The van der Waals surface area contributed by atoms with Crippen LogP contribution < -0.4 is 4.74 Å². The molecule has 0 unspecified atom stereocenters. The Morgan fingerprint density at radius 3 is 2.78 bits per heavy atom. The standard InChI is InChI=1S/C12H11Cl2IN2O/c1-2-18-12-8(11(15)16-17-12)5-7-3-4-9(13)10(14)6-7/h3-4,6H,2,5H2,1H3,(H,16,17). The SMILES string of the molecule is CCOc1n[nH]c(I)c1Cc1ccc(Cl)c(Cl)c1. The number of H-pyrrole nitrogens is 1. The first-order chi connectivity index (χ1) is 8.61. The van der Waals surface area contributed by atoms with Crippen molar-refractivity contribution < 1.29 is 4.74 Å². The molecule has 3 nitrogen and oxygen atoms in total. The van der Waals surface area contributed by atoms with E-state index in [1.54, 1.807) is 6.07 Å². The smallest absolute Gasteiger partial charge is 0.237 e. The molecule has 96 valence electrons. The zero-order valence-electron chi connectivity index (χ0n) is 9.64. The van der Waals surface area contributed by atoms with E-state index in [0.717, 1.165) is 14.8 Å². The maximum Gasteiger partial charge on any atom is 0.237 e. The number of aromatic nitrogens is 2. The van der Waals surface area contributed by atoms with Crippen molar-refractivity contribution in [1.82, 2.24) is 10.2 Å². The Morgan fingerprint density at radius 1 is 1.33 bits per heavy atom. The fourth-order valence-electron chi connectivity index (χ4n) is 1.59. The monoisotopic (exact) mass is 396 g/mol. The van der Waals surface area contributed by atoms with E-state index in [0.29, 0.717) is 29.0 Å². The van der Waals surface area contributed by atoms with E-state index in [1.165, 1.54) is 0 Å². The van der Waals surface area contributed by atoms with Gasteiger partial charge in [-0.05, 0) is 47.2 Å². The van der Waals surface area contributed by atoms with Gasteiger partial charge in [0, 0.05) is 6.42 Å². The second kappa shape index (κ2) is 6.12. The Labute approximate surface area is 129 Å². The average molecular weight is 397 g/mol. The molecule has 0 fully saturated rings. The van der Waals surface area contributed by atoms with Crippen LogP contribution in [0.4, 0.5) is 0 Å². The number of aromatic amines is 1. The molecule has 0 saturated carbocycles. The van der Waals surface area contributed by atoms with E-state index in [-0.39, 0.29) is 0 Å². The van der Waals surface area contributed by atoms with Gasteiger partial charge in [0.15, 0.2) is 0 Å².